The number of aryl methyl sites for hydroxylation is 1. The number of hydrogen-bond donors (Lipinski definition) is 1. The van der Waals surface area contributed by atoms with Crippen LogP contribution in [0.15, 0.2) is 96.1 Å². The number of benzene rings is 4. The summed E-state index contributed by atoms with van der Waals surface area (Å²) in [6, 6.07) is 28.1. The minimum absolute atomic E-state index is 0.113. The second-order valence-corrected chi connectivity index (χ2v) is 11.9. The molecule has 6 nitrogen and oxygen atoms in total. The number of carbonyl (C=O) groups excluding carboxylic acids is 3. The SMILES string of the molecule is Cc1ccc(N2C(=O)[C@H]3C4c5ccccc5C(/C=N\NC(=O)Cc5ccc(Cl)cc5)(c5ccccc54)[C@H]3C2=O)cc1Cl. The zero-order valence-corrected chi connectivity index (χ0v) is 24.1. The quantitative estimate of drug-likeness (QED) is 0.170. The number of hydrogen-bond acceptors (Lipinski definition) is 4. The lowest BCUT2D eigenvalue weighted by Gasteiger charge is -2.52. The molecule has 4 aromatic carbocycles. The van der Waals surface area contributed by atoms with Crippen molar-refractivity contribution in [2.45, 2.75) is 24.7 Å². The number of carbonyl (C=O) groups is 3. The van der Waals surface area contributed by atoms with Crippen LogP contribution in [0, 0.1) is 18.8 Å². The fourth-order valence-corrected chi connectivity index (χ4v) is 7.36. The van der Waals surface area contributed by atoms with Crippen molar-refractivity contribution in [3.8, 4) is 0 Å². The highest BCUT2D eigenvalue weighted by Gasteiger charge is 2.68. The molecule has 1 heterocycles. The van der Waals surface area contributed by atoms with E-state index in [0.29, 0.717) is 15.7 Å². The van der Waals surface area contributed by atoms with Gasteiger partial charge in [-0.15, -0.1) is 0 Å². The van der Waals surface area contributed by atoms with Crippen LogP contribution in [0.1, 0.15) is 39.3 Å². The standard InChI is InChI=1S/C34H25Cl2N3O3/c1-19-10-15-22(17-27(19)36)39-32(41)30-29-23-6-2-4-8-25(23)34(31(30)33(39)42,26-9-5-3-7-24(26)29)18-37-38-28(40)16-20-11-13-21(35)14-12-20/h2-15,17-18,29-31H,16H2,1H3,(H,38,40)/b37-18-/t29?,30-,31+,34?/m0/s1. The molecule has 3 aliphatic carbocycles. The Morgan fingerprint density at radius 3 is 2.19 bits per heavy atom. The molecular weight excluding hydrogens is 569 g/mol. The maximum atomic E-state index is 14.4. The van der Waals surface area contributed by atoms with Crippen molar-refractivity contribution in [2.24, 2.45) is 16.9 Å². The Bertz CT molecular complexity index is 1770. The lowest BCUT2D eigenvalue weighted by atomic mass is 9.47. The molecule has 8 rings (SSSR count). The summed E-state index contributed by atoms with van der Waals surface area (Å²) in [5.74, 6) is -2.56. The van der Waals surface area contributed by atoms with E-state index in [9.17, 15) is 14.4 Å². The Balaban J connectivity index is 1.35. The number of nitrogens with one attached hydrogen (secondary N) is 1. The van der Waals surface area contributed by atoms with E-state index in [1.165, 1.54) is 4.90 Å². The lowest BCUT2D eigenvalue weighted by Crippen LogP contribution is -2.54. The van der Waals surface area contributed by atoms with Crippen molar-refractivity contribution in [1.29, 1.82) is 0 Å². The van der Waals surface area contributed by atoms with Crippen LogP contribution in [0.25, 0.3) is 0 Å². The van der Waals surface area contributed by atoms with E-state index in [-0.39, 0.29) is 30.1 Å². The predicted octanol–water partition coefficient (Wildman–Crippen LogP) is 6.20. The molecule has 0 unspecified atom stereocenters. The molecule has 0 aromatic heterocycles. The number of halogens is 2. The molecule has 0 radical (unpaired) electrons. The van der Waals surface area contributed by atoms with Crippen LogP contribution in [-0.2, 0) is 26.2 Å². The van der Waals surface area contributed by atoms with Gasteiger partial charge in [-0.2, -0.15) is 5.10 Å². The van der Waals surface area contributed by atoms with Gasteiger partial charge >= 0.3 is 0 Å². The summed E-state index contributed by atoms with van der Waals surface area (Å²) in [6.07, 6.45) is 1.77. The first-order chi connectivity index (χ1) is 20.3. The third kappa shape index (κ3) is 3.86. The van der Waals surface area contributed by atoms with E-state index in [4.69, 9.17) is 23.2 Å². The van der Waals surface area contributed by atoms with Crippen molar-refractivity contribution >= 4 is 52.8 Å². The molecule has 42 heavy (non-hydrogen) atoms. The molecule has 1 N–H and O–H groups in total. The highest BCUT2D eigenvalue weighted by Crippen LogP contribution is 2.63. The first kappa shape index (κ1) is 26.6. The van der Waals surface area contributed by atoms with E-state index in [0.717, 1.165) is 33.4 Å². The molecule has 208 valence electrons. The second-order valence-electron chi connectivity index (χ2n) is 11.1. The van der Waals surface area contributed by atoms with Gasteiger partial charge in [0.2, 0.25) is 17.7 Å². The van der Waals surface area contributed by atoms with Gasteiger partial charge in [0.1, 0.15) is 0 Å². The summed E-state index contributed by atoms with van der Waals surface area (Å²) in [5, 5.41) is 5.54. The van der Waals surface area contributed by atoms with Crippen LogP contribution in [0.3, 0.4) is 0 Å². The summed E-state index contributed by atoms with van der Waals surface area (Å²) in [4.78, 5) is 42.8. The van der Waals surface area contributed by atoms with Crippen LogP contribution >= 0.6 is 23.2 Å². The molecule has 8 heteroatoms. The van der Waals surface area contributed by atoms with Crippen molar-refractivity contribution in [3.05, 3.63) is 134 Å². The Morgan fingerprint density at radius 2 is 1.55 bits per heavy atom. The number of rotatable bonds is 5. The predicted molar refractivity (Wildman–Crippen MR) is 163 cm³/mol. The van der Waals surface area contributed by atoms with Crippen LogP contribution in [-0.4, -0.2) is 23.9 Å². The number of hydrazone groups is 1. The molecule has 1 fully saturated rings. The normalized spacial score (nSPS) is 23.6. The van der Waals surface area contributed by atoms with E-state index in [2.05, 4.69) is 10.5 Å². The van der Waals surface area contributed by atoms with E-state index < -0.39 is 17.3 Å². The van der Waals surface area contributed by atoms with E-state index >= 15 is 0 Å². The highest BCUT2D eigenvalue weighted by molar-refractivity contribution is 6.32. The molecule has 0 spiro atoms. The summed E-state index contributed by atoms with van der Waals surface area (Å²) >= 11 is 12.4. The molecule has 3 amide bonds. The molecule has 1 saturated heterocycles. The first-order valence-electron chi connectivity index (χ1n) is 13.7. The molecule has 4 aliphatic rings. The van der Waals surface area contributed by atoms with E-state index in [1.807, 2.05) is 61.5 Å². The third-order valence-electron chi connectivity index (χ3n) is 8.83. The van der Waals surface area contributed by atoms with Gasteiger partial charge in [-0.05, 0) is 64.6 Å². The Hall–Kier alpha value is -4.26. The molecule has 1 aliphatic heterocycles. The lowest BCUT2D eigenvalue weighted by molar-refractivity contribution is -0.123. The molecule has 2 bridgehead atoms. The minimum atomic E-state index is -1.07. The van der Waals surface area contributed by atoms with Gasteiger partial charge in [-0.1, -0.05) is 89.9 Å². The van der Waals surface area contributed by atoms with Crippen LogP contribution in [0.2, 0.25) is 10.0 Å². The summed E-state index contributed by atoms with van der Waals surface area (Å²) < 4.78 is 0. The number of imide groups is 1. The maximum absolute atomic E-state index is 14.4. The highest BCUT2D eigenvalue weighted by atomic mass is 35.5. The van der Waals surface area contributed by atoms with Gasteiger partial charge in [-0.3, -0.25) is 14.4 Å². The van der Waals surface area contributed by atoms with E-state index in [1.54, 1.807) is 42.6 Å². The van der Waals surface area contributed by atoms with Crippen molar-refractivity contribution in [1.82, 2.24) is 5.43 Å². The minimum Gasteiger partial charge on any atom is -0.274 e. The Kier molecular flexibility index (Phi) is 6.30. The molecular formula is C34H25Cl2N3O3. The van der Waals surface area contributed by atoms with Crippen LogP contribution in [0.4, 0.5) is 5.69 Å². The number of amides is 3. The summed E-state index contributed by atoms with van der Waals surface area (Å²) in [6.45, 7) is 1.87. The monoisotopic (exact) mass is 593 g/mol. The van der Waals surface area contributed by atoms with Gasteiger partial charge in [0.25, 0.3) is 0 Å². The number of nitrogens with zero attached hydrogens (tertiary/aromatic N) is 2. The van der Waals surface area contributed by atoms with Gasteiger partial charge in [0, 0.05) is 22.2 Å². The average molecular weight is 594 g/mol. The number of anilines is 1. The third-order valence-corrected chi connectivity index (χ3v) is 9.49. The largest absolute Gasteiger partial charge is 0.274 e. The average Bonchev–Trinajstić information content (AvgIpc) is 3.26. The molecule has 4 aromatic rings. The van der Waals surface area contributed by atoms with Gasteiger partial charge in [0.05, 0.1) is 29.4 Å². The van der Waals surface area contributed by atoms with Crippen LogP contribution in [0.5, 0.6) is 0 Å². The Labute approximate surface area is 253 Å². The summed E-state index contributed by atoms with van der Waals surface area (Å²) in [7, 11) is 0. The first-order valence-corrected chi connectivity index (χ1v) is 14.5. The van der Waals surface area contributed by atoms with Gasteiger partial charge in [-0.25, -0.2) is 10.3 Å². The zero-order valence-electron chi connectivity index (χ0n) is 22.6. The van der Waals surface area contributed by atoms with Crippen LogP contribution < -0.4 is 10.3 Å². The fraction of sp³-hybridized carbons (Fsp3) is 0.176. The van der Waals surface area contributed by atoms with Crippen molar-refractivity contribution in [2.75, 3.05) is 4.90 Å². The molecule has 2 atom stereocenters. The van der Waals surface area contributed by atoms with Crippen molar-refractivity contribution in [3.63, 3.8) is 0 Å². The second kappa shape index (κ2) is 9.93. The molecule has 0 saturated carbocycles. The van der Waals surface area contributed by atoms with Gasteiger partial charge in [0.15, 0.2) is 0 Å². The Morgan fingerprint density at radius 1 is 0.905 bits per heavy atom. The zero-order chi connectivity index (χ0) is 29.2. The van der Waals surface area contributed by atoms with Crippen molar-refractivity contribution < 1.29 is 14.4 Å². The maximum Gasteiger partial charge on any atom is 0.244 e. The topological polar surface area (TPSA) is 78.8 Å². The van der Waals surface area contributed by atoms with Gasteiger partial charge < -0.3 is 0 Å². The fourth-order valence-electron chi connectivity index (χ4n) is 7.06. The summed E-state index contributed by atoms with van der Waals surface area (Å²) in [5.41, 5.74) is 7.49. The smallest absolute Gasteiger partial charge is 0.244 e.